The van der Waals surface area contributed by atoms with Crippen LogP contribution in [0.4, 0.5) is 0 Å². The Kier molecular flexibility index (Phi) is 3.51. The number of nitriles is 1. The van der Waals surface area contributed by atoms with Crippen LogP contribution in [0.2, 0.25) is 0 Å². The molecule has 0 aliphatic rings. The van der Waals surface area contributed by atoms with Gasteiger partial charge in [-0.3, -0.25) is 9.36 Å². The van der Waals surface area contributed by atoms with Crippen LogP contribution in [0.25, 0.3) is 0 Å². The molecule has 1 aromatic heterocycles. The molecule has 0 atom stereocenters. The van der Waals surface area contributed by atoms with Crippen LogP contribution in [0.3, 0.4) is 0 Å². The van der Waals surface area contributed by atoms with Crippen molar-refractivity contribution in [1.29, 1.82) is 5.26 Å². The molecule has 1 aromatic rings. The van der Waals surface area contributed by atoms with Crippen molar-refractivity contribution in [2.45, 2.75) is 33.2 Å². The zero-order valence-electron chi connectivity index (χ0n) is 8.95. The Morgan fingerprint density at radius 1 is 1.60 bits per heavy atom. The van der Waals surface area contributed by atoms with E-state index in [4.69, 9.17) is 5.26 Å². The second kappa shape index (κ2) is 4.65. The van der Waals surface area contributed by atoms with Gasteiger partial charge in [0.15, 0.2) is 5.88 Å². The molecule has 0 saturated heterocycles. The van der Waals surface area contributed by atoms with Gasteiger partial charge in [0.2, 0.25) is 0 Å². The van der Waals surface area contributed by atoms with E-state index in [9.17, 15) is 9.90 Å². The van der Waals surface area contributed by atoms with Gasteiger partial charge in [0.25, 0.3) is 5.56 Å². The van der Waals surface area contributed by atoms with Crippen molar-refractivity contribution in [3.8, 4) is 11.9 Å². The minimum atomic E-state index is -0.190. The molecule has 0 fully saturated rings. The molecule has 1 N–H and O–H groups in total. The standard InChI is InChI=1S/C11H14N2O2/c1-3-9-8(2)7-10(14)13(11(9)15)6-4-5-12/h7,14H,3-4,6H2,1-2H3. The molecule has 0 aromatic carbocycles. The fraction of sp³-hybridized carbons (Fsp3) is 0.455. The van der Waals surface area contributed by atoms with Crippen molar-refractivity contribution in [1.82, 2.24) is 4.57 Å². The predicted molar refractivity (Wildman–Crippen MR) is 56.7 cm³/mol. The normalized spacial score (nSPS) is 9.93. The van der Waals surface area contributed by atoms with Crippen LogP contribution in [0.5, 0.6) is 5.88 Å². The first-order valence-electron chi connectivity index (χ1n) is 4.91. The van der Waals surface area contributed by atoms with Crippen molar-refractivity contribution >= 4 is 0 Å². The monoisotopic (exact) mass is 206 g/mol. The van der Waals surface area contributed by atoms with Crippen molar-refractivity contribution in [2.75, 3.05) is 0 Å². The summed E-state index contributed by atoms with van der Waals surface area (Å²) in [4.78, 5) is 11.8. The molecule has 15 heavy (non-hydrogen) atoms. The van der Waals surface area contributed by atoms with Crippen LogP contribution in [0.1, 0.15) is 24.5 Å². The third kappa shape index (κ3) is 2.18. The average molecular weight is 206 g/mol. The summed E-state index contributed by atoms with van der Waals surface area (Å²) in [6.07, 6.45) is 0.858. The van der Waals surface area contributed by atoms with Crippen LogP contribution < -0.4 is 5.56 Å². The smallest absolute Gasteiger partial charge is 0.256 e. The number of aromatic nitrogens is 1. The van der Waals surface area contributed by atoms with Gasteiger partial charge < -0.3 is 5.11 Å². The number of rotatable bonds is 3. The lowest BCUT2D eigenvalue weighted by Crippen LogP contribution is -2.24. The Hall–Kier alpha value is -1.76. The van der Waals surface area contributed by atoms with Gasteiger partial charge in [0, 0.05) is 18.2 Å². The first-order chi connectivity index (χ1) is 7.11. The minimum Gasteiger partial charge on any atom is -0.494 e. The number of aryl methyl sites for hydroxylation is 1. The quantitative estimate of drug-likeness (QED) is 0.811. The van der Waals surface area contributed by atoms with Gasteiger partial charge in [0.05, 0.1) is 12.5 Å². The largest absolute Gasteiger partial charge is 0.494 e. The Balaban J connectivity index is 3.28. The summed E-state index contributed by atoms with van der Waals surface area (Å²) in [5, 5.41) is 18.0. The number of pyridine rings is 1. The third-order valence-electron chi connectivity index (χ3n) is 2.40. The summed E-state index contributed by atoms with van der Waals surface area (Å²) in [6, 6.07) is 3.52. The van der Waals surface area contributed by atoms with E-state index >= 15 is 0 Å². The highest BCUT2D eigenvalue weighted by Crippen LogP contribution is 2.13. The third-order valence-corrected chi connectivity index (χ3v) is 2.40. The van der Waals surface area contributed by atoms with Crippen molar-refractivity contribution < 1.29 is 5.11 Å². The van der Waals surface area contributed by atoms with Crippen molar-refractivity contribution in [3.63, 3.8) is 0 Å². The summed E-state index contributed by atoms with van der Waals surface area (Å²) in [5.41, 5.74) is 1.31. The maximum atomic E-state index is 11.8. The molecular weight excluding hydrogens is 192 g/mol. The molecule has 0 radical (unpaired) electrons. The molecule has 0 amide bonds. The fourth-order valence-corrected chi connectivity index (χ4v) is 1.60. The lowest BCUT2D eigenvalue weighted by Gasteiger charge is -2.10. The lowest BCUT2D eigenvalue weighted by molar-refractivity contribution is 0.406. The summed E-state index contributed by atoms with van der Waals surface area (Å²) < 4.78 is 1.25. The molecule has 0 saturated carbocycles. The van der Waals surface area contributed by atoms with Gasteiger partial charge in [-0.25, -0.2) is 0 Å². The van der Waals surface area contributed by atoms with E-state index in [2.05, 4.69) is 0 Å². The number of hydrogen-bond acceptors (Lipinski definition) is 3. The zero-order valence-corrected chi connectivity index (χ0v) is 8.95. The maximum Gasteiger partial charge on any atom is 0.256 e. The first kappa shape index (κ1) is 11.3. The second-order valence-corrected chi connectivity index (χ2v) is 3.38. The van der Waals surface area contributed by atoms with E-state index < -0.39 is 0 Å². The van der Waals surface area contributed by atoms with Crippen LogP contribution in [0, 0.1) is 18.3 Å². The lowest BCUT2D eigenvalue weighted by atomic mass is 10.1. The number of nitrogens with zero attached hydrogens (tertiary/aromatic N) is 2. The second-order valence-electron chi connectivity index (χ2n) is 3.38. The molecule has 4 heteroatoms. The summed E-state index contributed by atoms with van der Waals surface area (Å²) in [6.45, 7) is 3.94. The number of aromatic hydroxyl groups is 1. The van der Waals surface area contributed by atoms with E-state index in [1.807, 2.05) is 13.0 Å². The molecule has 1 rings (SSSR count). The summed E-state index contributed by atoms with van der Waals surface area (Å²) in [7, 11) is 0. The molecule has 0 unspecified atom stereocenters. The van der Waals surface area contributed by atoms with Crippen molar-refractivity contribution in [2.24, 2.45) is 0 Å². The van der Waals surface area contributed by atoms with Gasteiger partial charge in [-0.1, -0.05) is 6.92 Å². The van der Waals surface area contributed by atoms with Crippen molar-refractivity contribution in [3.05, 3.63) is 27.5 Å². The topological polar surface area (TPSA) is 66.0 Å². The van der Waals surface area contributed by atoms with Crippen LogP contribution >= 0.6 is 0 Å². The highest BCUT2D eigenvalue weighted by Gasteiger charge is 2.09. The van der Waals surface area contributed by atoms with E-state index in [0.717, 1.165) is 5.56 Å². The fourth-order valence-electron chi connectivity index (χ4n) is 1.60. The van der Waals surface area contributed by atoms with Gasteiger partial charge in [-0.05, 0) is 18.9 Å². The first-order valence-corrected chi connectivity index (χ1v) is 4.91. The SMILES string of the molecule is CCc1c(C)cc(O)n(CCC#N)c1=O. The van der Waals surface area contributed by atoms with Gasteiger partial charge in [0.1, 0.15) is 0 Å². The predicted octanol–water partition coefficient (Wildman–Crippen LogP) is 1.34. The average Bonchev–Trinajstić information content (AvgIpc) is 2.17. The van der Waals surface area contributed by atoms with E-state index in [1.54, 1.807) is 13.0 Å². The zero-order chi connectivity index (χ0) is 11.4. The Morgan fingerprint density at radius 2 is 2.27 bits per heavy atom. The minimum absolute atomic E-state index is 0.0649. The van der Waals surface area contributed by atoms with Gasteiger partial charge >= 0.3 is 0 Å². The molecule has 0 spiro atoms. The highest BCUT2D eigenvalue weighted by atomic mass is 16.3. The number of hydrogen-bond donors (Lipinski definition) is 1. The summed E-state index contributed by atoms with van der Waals surface area (Å²) in [5.74, 6) is -0.0649. The van der Waals surface area contributed by atoms with Gasteiger partial charge in [-0.2, -0.15) is 5.26 Å². The van der Waals surface area contributed by atoms with Gasteiger partial charge in [-0.15, -0.1) is 0 Å². The summed E-state index contributed by atoms with van der Waals surface area (Å²) >= 11 is 0. The highest BCUT2D eigenvalue weighted by molar-refractivity contribution is 5.28. The molecule has 80 valence electrons. The molecule has 0 aliphatic carbocycles. The van der Waals surface area contributed by atoms with Crippen LogP contribution in [-0.4, -0.2) is 9.67 Å². The Labute approximate surface area is 88.4 Å². The maximum absolute atomic E-state index is 11.8. The van der Waals surface area contributed by atoms with E-state index in [-0.39, 0.29) is 24.4 Å². The molecule has 4 nitrogen and oxygen atoms in total. The Bertz CT molecular complexity index is 455. The van der Waals surface area contributed by atoms with E-state index in [1.165, 1.54) is 4.57 Å². The van der Waals surface area contributed by atoms with Crippen LogP contribution in [-0.2, 0) is 13.0 Å². The molecule has 0 bridgehead atoms. The molecule has 1 heterocycles. The molecular formula is C11H14N2O2. The van der Waals surface area contributed by atoms with E-state index in [0.29, 0.717) is 12.0 Å². The molecule has 0 aliphatic heterocycles. The van der Waals surface area contributed by atoms with Crippen LogP contribution in [0.15, 0.2) is 10.9 Å². The Morgan fingerprint density at radius 3 is 2.80 bits per heavy atom.